The van der Waals surface area contributed by atoms with Crippen LogP contribution < -0.4 is 10.2 Å². The van der Waals surface area contributed by atoms with Gasteiger partial charge in [0.25, 0.3) is 0 Å². The number of carbonyl (C=O) groups is 1. The number of aromatic nitrogens is 3. The molecule has 0 bridgehead atoms. The molecule has 2 aromatic heterocycles. The zero-order valence-corrected chi connectivity index (χ0v) is 17.6. The van der Waals surface area contributed by atoms with E-state index in [1.165, 1.54) is 19.3 Å². The minimum absolute atomic E-state index is 0.138. The Bertz CT molecular complexity index is 989. The molecule has 0 aromatic carbocycles. The van der Waals surface area contributed by atoms with Crippen molar-refractivity contribution < 1.29 is 4.79 Å². The summed E-state index contributed by atoms with van der Waals surface area (Å²) in [4.78, 5) is 29.7. The Hall–Kier alpha value is -2.51. The second-order valence-electron chi connectivity index (χ2n) is 8.17. The van der Waals surface area contributed by atoms with Crippen molar-refractivity contribution in [3.05, 3.63) is 41.4 Å². The number of amides is 1. The van der Waals surface area contributed by atoms with Gasteiger partial charge in [0.05, 0.1) is 40.7 Å². The number of nitrogens with zero attached hydrogens (tertiary/aromatic N) is 5. The van der Waals surface area contributed by atoms with Crippen molar-refractivity contribution in [3.8, 4) is 0 Å². The lowest BCUT2D eigenvalue weighted by molar-refractivity contribution is -0.117. The number of rotatable bonds is 5. The number of nitrogens with one attached hydrogen (secondary N) is 1. The van der Waals surface area contributed by atoms with Gasteiger partial charge in [0.1, 0.15) is 0 Å². The number of hydrogen-bond acceptors (Lipinski definition) is 6. The SMILES string of the molecule is O=C1CCCN1c1cncc(Nc2ncc(Cl)c(C3=CCCN(C4CCC4)C3)n2)c1. The molecule has 5 rings (SSSR count). The van der Waals surface area contributed by atoms with Crippen molar-refractivity contribution in [2.45, 2.75) is 44.6 Å². The van der Waals surface area contributed by atoms with E-state index in [1.54, 1.807) is 23.5 Å². The zero-order chi connectivity index (χ0) is 20.5. The van der Waals surface area contributed by atoms with Gasteiger partial charge in [0.2, 0.25) is 11.9 Å². The number of anilines is 3. The highest BCUT2D eigenvalue weighted by Gasteiger charge is 2.28. The molecule has 156 valence electrons. The van der Waals surface area contributed by atoms with Crippen molar-refractivity contribution in [2.75, 3.05) is 29.9 Å². The highest BCUT2D eigenvalue weighted by Crippen LogP contribution is 2.32. The Balaban J connectivity index is 1.35. The molecule has 7 nitrogen and oxygen atoms in total. The summed E-state index contributed by atoms with van der Waals surface area (Å²) in [5, 5.41) is 3.79. The van der Waals surface area contributed by atoms with E-state index in [9.17, 15) is 4.79 Å². The van der Waals surface area contributed by atoms with Gasteiger partial charge in [-0.25, -0.2) is 9.97 Å². The summed E-state index contributed by atoms with van der Waals surface area (Å²) >= 11 is 6.47. The van der Waals surface area contributed by atoms with E-state index >= 15 is 0 Å². The summed E-state index contributed by atoms with van der Waals surface area (Å²) in [6.07, 6.45) is 13.7. The number of halogens is 1. The molecular weight excluding hydrogens is 400 g/mol. The molecule has 2 fully saturated rings. The van der Waals surface area contributed by atoms with Gasteiger partial charge in [0, 0.05) is 32.1 Å². The van der Waals surface area contributed by atoms with Crippen LogP contribution in [0.3, 0.4) is 0 Å². The molecule has 1 saturated carbocycles. The van der Waals surface area contributed by atoms with Crippen molar-refractivity contribution in [1.29, 1.82) is 0 Å². The fourth-order valence-corrected chi connectivity index (χ4v) is 4.56. The number of pyridine rings is 1. The van der Waals surface area contributed by atoms with Gasteiger partial charge in [-0.1, -0.05) is 24.1 Å². The molecule has 2 aromatic rings. The van der Waals surface area contributed by atoms with Crippen molar-refractivity contribution in [2.24, 2.45) is 0 Å². The fraction of sp³-hybridized carbons (Fsp3) is 0.455. The molecule has 4 heterocycles. The van der Waals surface area contributed by atoms with E-state index in [0.717, 1.165) is 55.1 Å². The van der Waals surface area contributed by atoms with E-state index < -0.39 is 0 Å². The van der Waals surface area contributed by atoms with Gasteiger partial charge in [-0.15, -0.1) is 0 Å². The standard InChI is InChI=1S/C22H25ClN6O/c23-19-13-25-22(26-16-10-18(12-24-11-16)29-9-3-7-20(29)30)27-21(19)15-4-2-8-28(14-15)17-5-1-6-17/h4,10-13,17H,1-3,5-9,14H2,(H,25,26,27). The van der Waals surface area contributed by atoms with E-state index in [2.05, 4.69) is 26.3 Å². The summed E-state index contributed by atoms with van der Waals surface area (Å²) in [6, 6.07) is 2.61. The van der Waals surface area contributed by atoms with Gasteiger partial charge in [-0.2, -0.15) is 0 Å². The van der Waals surface area contributed by atoms with E-state index in [0.29, 0.717) is 23.4 Å². The minimum atomic E-state index is 0.138. The van der Waals surface area contributed by atoms with E-state index in [-0.39, 0.29) is 5.91 Å². The lowest BCUT2D eigenvalue weighted by atomic mass is 9.89. The maximum atomic E-state index is 12.0. The van der Waals surface area contributed by atoms with Crippen LogP contribution in [0.25, 0.3) is 5.57 Å². The molecule has 1 aliphatic carbocycles. The first kappa shape index (κ1) is 19.5. The highest BCUT2D eigenvalue weighted by atomic mass is 35.5. The first-order valence-corrected chi connectivity index (χ1v) is 11.0. The van der Waals surface area contributed by atoms with Crippen LogP contribution >= 0.6 is 11.6 Å². The quantitative estimate of drug-likeness (QED) is 0.780. The Labute approximate surface area is 181 Å². The van der Waals surface area contributed by atoms with Crippen LogP contribution in [-0.4, -0.2) is 51.4 Å². The van der Waals surface area contributed by atoms with Crippen molar-refractivity contribution >= 4 is 40.4 Å². The third-order valence-electron chi connectivity index (χ3n) is 6.18. The van der Waals surface area contributed by atoms with Crippen molar-refractivity contribution in [3.63, 3.8) is 0 Å². The lowest BCUT2D eigenvalue weighted by Gasteiger charge is -2.39. The second-order valence-corrected chi connectivity index (χ2v) is 8.58. The molecule has 0 radical (unpaired) electrons. The summed E-state index contributed by atoms with van der Waals surface area (Å²) in [5.41, 5.74) is 3.49. The van der Waals surface area contributed by atoms with Gasteiger partial charge in [0.15, 0.2) is 0 Å². The minimum Gasteiger partial charge on any atom is -0.323 e. The fourth-order valence-electron chi connectivity index (χ4n) is 4.35. The van der Waals surface area contributed by atoms with Crippen LogP contribution in [0.5, 0.6) is 0 Å². The van der Waals surface area contributed by atoms with Crippen LogP contribution in [0.1, 0.15) is 44.2 Å². The first-order chi connectivity index (χ1) is 14.7. The molecule has 1 saturated heterocycles. The second kappa shape index (κ2) is 8.32. The Morgan fingerprint density at radius 3 is 2.80 bits per heavy atom. The topological polar surface area (TPSA) is 74.2 Å². The molecule has 3 aliphatic rings. The monoisotopic (exact) mass is 424 g/mol. The average molecular weight is 425 g/mol. The number of hydrogen-bond donors (Lipinski definition) is 1. The summed E-state index contributed by atoms with van der Waals surface area (Å²) in [5.74, 6) is 0.613. The zero-order valence-electron chi connectivity index (χ0n) is 16.9. The predicted molar refractivity (Wildman–Crippen MR) is 118 cm³/mol. The smallest absolute Gasteiger partial charge is 0.227 e. The number of carbonyl (C=O) groups excluding carboxylic acids is 1. The third-order valence-corrected chi connectivity index (χ3v) is 6.46. The molecule has 0 atom stereocenters. The molecule has 30 heavy (non-hydrogen) atoms. The maximum absolute atomic E-state index is 12.0. The van der Waals surface area contributed by atoms with Crippen LogP contribution in [-0.2, 0) is 4.79 Å². The third kappa shape index (κ3) is 3.91. The van der Waals surface area contributed by atoms with Crippen LogP contribution in [0.15, 0.2) is 30.7 Å². The van der Waals surface area contributed by atoms with Gasteiger partial charge in [-0.3, -0.25) is 14.7 Å². The van der Waals surface area contributed by atoms with Crippen molar-refractivity contribution in [1.82, 2.24) is 19.9 Å². The van der Waals surface area contributed by atoms with E-state index in [1.807, 2.05) is 6.07 Å². The predicted octanol–water partition coefficient (Wildman–Crippen LogP) is 4.04. The molecule has 1 amide bonds. The summed E-state index contributed by atoms with van der Waals surface area (Å²) in [7, 11) is 0. The van der Waals surface area contributed by atoms with Gasteiger partial charge < -0.3 is 10.2 Å². The molecule has 0 unspecified atom stereocenters. The molecule has 2 aliphatic heterocycles. The van der Waals surface area contributed by atoms with Crippen LogP contribution in [0.2, 0.25) is 5.02 Å². The van der Waals surface area contributed by atoms with E-state index in [4.69, 9.17) is 16.6 Å². The van der Waals surface area contributed by atoms with Gasteiger partial charge in [-0.05, 0) is 37.3 Å². The Morgan fingerprint density at radius 1 is 1.13 bits per heavy atom. The average Bonchev–Trinajstić information content (AvgIpc) is 3.15. The Kier molecular flexibility index (Phi) is 5.39. The van der Waals surface area contributed by atoms with Crippen LogP contribution in [0, 0.1) is 0 Å². The van der Waals surface area contributed by atoms with Crippen LogP contribution in [0.4, 0.5) is 17.3 Å². The highest BCUT2D eigenvalue weighted by molar-refractivity contribution is 6.32. The Morgan fingerprint density at radius 2 is 2.03 bits per heavy atom. The normalized spacial score (nSPS) is 20.2. The summed E-state index contributed by atoms with van der Waals surface area (Å²) in [6.45, 7) is 2.72. The van der Waals surface area contributed by atoms with Gasteiger partial charge >= 0.3 is 0 Å². The summed E-state index contributed by atoms with van der Waals surface area (Å²) < 4.78 is 0. The molecule has 1 N–H and O–H groups in total. The largest absolute Gasteiger partial charge is 0.323 e. The maximum Gasteiger partial charge on any atom is 0.227 e. The lowest BCUT2D eigenvalue weighted by Crippen LogP contribution is -2.42. The molecular formula is C22H25ClN6O. The molecule has 0 spiro atoms. The molecule has 8 heteroatoms. The first-order valence-electron chi connectivity index (χ1n) is 10.7.